The highest BCUT2D eigenvalue weighted by Crippen LogP contribution is 2.61. The van der Waals surface area contributed by atoms with Crippen molar-refractivity contribution in [1.29, 1.82) is 0 Å². The normalized spacial score (nSPS) is 12.8. The molecule has 0 aliphatic heterocycles. The molecule has 0 saturated carbocycles. The first-order chi connectivity index (χ1) is 15.2. The number of benzene rings is 1. The Morgan fingerprint density at radius 1 is 0.812 bits per heavy atom. The molecular weight excluding hydrogens is 437 g/mol. The number of hydrogen-bond donors (Lipinski definition) is 1. The fourth-order valence-corrected chi connectivity index (χ4v) is 9.56. The zero-order chi connectivity index (χ0) is 24.3. The first-order valence-electron chi connectivity index (χ1n) is 12.8. The molecule has 6 heteroatoms. The second-order valence-corrected chi connectivity index (χ2v) is 15.0. The Kier molecular flexibility index (Phi) is 18.6. The van der Waals surface area contributed by atoms with Crippen LogP contribution in [0.1, 0.15) is 97.6 Å². The molecule has 1 atom stereocenters. The topological polar surface area (TPSA) is 69.2 Å². The number of unbranched alkanes of at least 4 members (excludes halogenated alkanes) is 4. The third-order valence-corrected chi connectivity index (χ3v) is 11.8. The summed E-state index contributed by atoms with van der Waals surface area (Å²) in [5, 5.41) is 2.98. The van der Waals surface area contributed by atoms with Crippen LogP contribution in [0.4, 0.5) is 0 Å². The molecule has 1 rings (SSSR count). The average molecular weight is 488 g/mol. The van der Waals surface area contributed by atoms with Crippen LogP contribution in [0.2, 0.25) is 0 Å². The van der Waals surface area contributed by atoms with E-state index in [0.29, 0.717) is 0 Å². The molecule has 0 aliphatic carbocycles. The summed E-state index contributed by atoms with van der Waals surface area (Å²) < 4.78 is 31.1. The van der Waals surface area contributed by atoms with Gasteiger partial charge < -0.3 is 9.87 Å². The molecule has 0 radical (unpaired) electrons. The molecule has 1 aromatic carbocycles. The van der Waals surface area contributed by atoms with Crippen LogP contribution in [0, 0.1) is 0 Å². The molecule has 1 aromatic rings. The summed E-state index contributed by atoms with van der Waals surface area (Å²) in [4.78, 5) is 0. The Morgan fingerprint density at radius 2 is 1.22 bits per heavy atom. The van der Waals surface area contributed by atoms with Gasteiger partial charge in [-0.05, 0) is 38.2 Å². The van der Waals surface area contributed by atoms with Gasteiger partial charge in [0, 0.05) is 19.8 Å². The molecule has 0 amide bonds. The highest BCUT2D eigenvalue weighted by molar-refractivity contribution is 7.85. The molecule has 188 valence electrons. The molecule has 0 bridgehead atoms. The Labute approximate surface area is 200 Å². The van der Waals surface area contributed by atoms with Crippen molar-refractivity contribution in [3.63, 3.8) is 0 Å². The Balaban J connectivity index is 0.000000604. The van der Waals surface area contributed by atoms with Crippen LogP contribution >= 0.6 is 7.26 Å². The van der Waals surface area contributed by atoms with Gasteiger partial charge in [0.2, 0.25) is 0 Å². The minimum absolute atomic E-state index is 0.0490. The van der Waals surface area contributed by atoms with Gasteiger partial charge in [0.15, 0.2) is 0 Å². The van der Waals surface area contributed by atoms with Crippen LogP contribution < -0.4 is 5.32 Å². The van der Waals surface area contributed by atoms with Crippen molar-refractivity contribution in [2.75, 3.05) is 36.9 Å². The van der Waals surface area contributed by atoms with Crippen molar-refractivity contribution < 1.29 is 13.0 Å². The van der Waals surface area contributed by atoms with Gasteiger partial charge in [-0.15, -0.1) is 0 Å². The zero-order valence-electron chi connectivity index (χ0n) is 21.4. The average Bonchev–Trinajstić information content (AvgIpc) is 2.78. The molecule has 0 spiro atoms. The van der Waals surface area contributed by atoms with E-state index in [-0.39, 0.29) is 18.3 Å². The maximum atomic E-state index is 10.4. The van der Waals surface area contributed by atoms with E-state index in [1.807, 2.05) is 37.3 Å². The number of rotatable bonds is 17. The summed E-state index contributed by atoms with van der Waals surface area (Å²) in [6.07, 6.45) is 17.9. The van der Waals surface area contributed by atoms with Crippen LogP contribution in [0.15, 0.2) is 30.3 Å². The fraction of sp³-hybridized carbons (Fsp3) is 0.769. The lowest BCUT2D eigenvalue weighted by Gasteiger charge is -2.28. The second kappa shape index (κ2) is 18.9. The molecule has 0 heterocycles. The van der Waals surface area contributed by atoms with Crippen LogP contribution in [0.25, 0.3) is 0 Å². The first kappa shape index (κ1) is 31.5. The highest BCUT2D eigenvalue weighted by Gasteiger charge is 2.34. The lowest BCUT2D eigenvalue weighted by molar-refractivity contribution is 0.458. The van der Waals surface area contributed by atoms with E-state index in [1.54, 1.807) is 24.6 Å². The summed E-state index contributed by atoms with van der Waals surface area (Å²) in [5.41, 5.74) is 1.07. The van der Waals surface area contributed by atoms with Crippen LogP contribution in [-0.4, -0.2) is 49.9 Å². The summed E-state index contributed by atoms with van der Waals surface area (Å²) in [5.74, 6) is -0.371. The molecular formula is C26H50NO3PS. The second-order valence-electron chi connectivity index (χ2n) is 9.00. The van der Waals surface area contributed by atoms with E-state index in [0.717, 1.165) is 5.56 Å². The van der Waals surface area contributed by atoms with E-state index in [9.17, 15) is 13.0 Å². The van der Waals surface area contributed by atoms with E-state index < -0.39 is 17.4 Å². The van der Waals surface area contributed by atoms with Gasteiger partial charge in [0.1, 0.15) is 0 Å². The van der Waals surface area contributed by atoms with E-state index in [4.69, 9.17) is 0 Å². The Bertz CT molecular complexity index is 615. The monoisotopic (exact) mass is 487 g/mol. The molecule has 4 nitrogen and oxygen atoms in total. The quantitative estimate of drug-likeness (QED) is 0.188. The molecule has 32 heavy (non-hydrogen) atoms. The molecule has 1 N–H and O–H groups in total. The molecule has 0 unspecified atom stereocenters. The van der Waals surface area contributed by atoms with Crippen molar-refractivity contribution in [2.24, 2.45) is 0 Å². The van der Waals surface area contributed by atoms with Gasteiger partial charge in [-0.25, -0.2) is 8.42 Å². The van der Waals surface area contributed by atoms with Gasteiger partial charge >= 0.3 is 0 Å². The molecule has 0 saturated heterocycles. The molecule has 0 aromatic heterocycles. The fourth-order valence-electron chi connectivity index (χ4n) is 3.90. The third kappa shape index (κ3) is 16.2. The lowest BCUT2D eigenvalue weighted by atomic mass is 10.1. The summed E-state index contributed by atoms with van der Waals surface area (Å²) in [7, 11) is -4.68. The Morgan fingerprint density at radius 3 is 1.56 bits per heavy atom. The third-order valence-electron chi connectivity index (χ3n) is 6.05. The minimum atomic E-state index is -4.11. The van der Waals surface area contributed by atoms with Crippen molar-refractivity contribution >= 4 is 17.4 Å². The zero-order valence-corrected chi connectivity index (χ0v) is 23.2. The van der Waals surface area contributed by atoms with Crippen LogP contribution in [0.5, 0.6) is 0 Å². The highest BCUT2D eigenvalue weighted by atomic mass is 32.2. The summed E-state index contributed by atoms with van der Waals surface area (Å²) in [6, 6.07) is 9.69. The predicted molar refractivity (Wildman–Crippen MR) is 143 cm³/mol. The molecule has 0 aliphatic rings. The van der Waals surface area contributed by atoms with Crippen molar-refractivity contribution in [2.45, 2.75) is 92.0 Å². The van der Waals surface area contributed by atoms with Gasteiger partial charge in [-0.3, -0.25) is 0 Å². The smallest absolute Gasteiger partial charge is 0.0958 e. The summed E-state index contributed by atoms with van der Waals surface area (Å²) >= 11 is 0. The maximum absolute atomic E-state index is 10.4. The van der Waals surface area contributed by atoms with Gasteiger partial charge in [0.25, 0.3) is 0 Å². The van der Waals surface area contributed by atoms with Gasteiger partial charge in [0.05, 0.1) is 40.5 Å². The summed E-state index contributed by atoms with van der Waals surface area (Å²) in [6.45, 7) is 11.5. The van der Waals surface area contributed by atoms with Crippen molar-refractivity contribution in [3.8, 4) is 0 Å². The van der Waals surface area contributed by atoms with E-state index >= 15 is 0 Å². The largest absolute Gasteiger partial charge is 0.748 e. The SMILES string of the molecule is CCCC[P+](CCCC)(CCCC)CCCC.C[C@@H](NCCS(=O)(=O)[O-])c1ccccc1. The standard InChI is InChI=1S/C16H36P.C10H15NO3S/c1-5-9-13-17(14-10-6-2,15-11-7-3)16-12-8-4;1-9(10-5-3-2-4-6-10)11-7-8-15(12,13)14/h5-16H2,1-4H3;2-6,9,11H,7-8H2,1H3,(H,12,13,14)/q+1;/p-1/t;9-/m.1/s1. The van der Waals surface area contributed by atoms with E-state index in [2.05, 4.69) is 33.0 Å². The van der Waals surface area contributed by atoms with Gasteiger partial charge in [-0.2, -0.15) is 0 Å². The minimum Gasteiger partial charge on any atom is -0.748 e. The number of nitrogens with one attached hydrogen (secondary N) is 1. The maximum Gasteiger partial charge on any atom is 0.0958 e. The van der Waals surface area contributed by atoms with Gasteiger partial charge in [-0.1, -0.05) is 83.7 Å². The molecule has 0 fully saturated rings. The van der Waals surface area contributed by atoms with E-state index in [1.165, 1.54) is 51.4 Å². The van der Waals surface area contributed by atoms with Crippen molar-refractivity contribution in [3.05, 3.63) is 35.9 Å². The predicted octanol–water partition coefficient (Wildman–Crippen LogP) is 7.09. The lowest BCUT2D eigenvalue weighted by Crippen LogP contribution is -2.25. The van der Waals surface area contributed by atoms with Crippen LogP contribution in [-0.2, 0) is 10.1 Å². The Hall–Kier alpha value is -0.480. The number of hydrogen-bond acceptors (Lipinski definition) is 4. The first-order valence-corrected chi connectivity index (χ1v) is 16.9. The van der Waals surface area contributed by atoms with Crippen LogP contribution in [0.3, 0.4) is 0 Å². The van der Waals surface area contributed by atoms with Crippen molar-refractivity contribution in [1.82, 2.24) is 5.32 Å².